The van der Waals surface area contributed by atoms with Crippen molar-refractivity contribution in [1.29, 1.82) is 0 Å². The molecule has 2 fully saturated rings. The Morgan fingerprint density at radius 1 is 1.00 bits per heavy atom. The van der Waals surface area contributed by atoms with Crippen molar-refractivity contribution in [2.75, 3.05) is 0 Å². The van der Waals surface area contributed by atoms with Crippen LogP contribution >= 0.6 is 0 Å². The Kier molecular flexibility index (Phi) is 1.51. The first kappa shape index (κ1) is 8.02. The molecule has 0 radical (unpaired) electrons. The van der Waals surface area contributed by atoms with Gasteiger partial charge in [-0.1, -0.05) is 0 Å². The van der Waals surface area contributed by atoms with E-state index in [9.17, 15) is 20.2 Å². The van der Waals surface area contributed by atoms with Crippen LogP contribution in [0, 0.1) is 32.1 Å². The van der Waals surface area contributed by atoms with Crippen molar-refractivity contribution in [3.05, 3.63) is 20.2 Å². The van der Waals surface area contributed by atoms with Crippen LogP contribution in [0.2, 0.25) is 0 Å². The van der Waals surface area contributed by atoms with E-state index in [4.69, 9.17) is 0 Å². The molecule has 0 heterocycles. The highest BCUT2D eigenvalue weighted by molar-refractivity contribution is 5.11. The fraction of sp³-hybridized carbons (Fsp3) is 1.00. The molecule has 2 aliphatic rings. The summed E-state index contributed by atoms with van der Waals surface area (Å²) in [7, 11) is 0. The van der Waals surface area contributed by atoms with Crippen LogP contribution in [0.4, 0.5) is 0 Å². The fourth-order valence-electron chi connectivity index (χ4n) is 1.81. The first-order chi connectivity index (χ1) is 6.09. The van der Waals surface area contributed by atoms with E-state index in [0.717, 1.165) is 6.42 Å². The van der Waals surface area contributed by atoms with E-state index >= 15 is 0 Å². The van der Waals surface area contributed by atoms with Crippen LogP contribution in [0.1, 0.15) is 6.42 Å². The predicted molar refractivity (Wildman–Crippen MR) is 35.3 cm³/mol. The molecule has 4 unspecified atom stereocenters. The molecule has 0 amide bonds. The summed E-state index contributed by atoms with van der Waals surface area (Å²) in [5.41, 5.74) is 0. The SMILES string of the molecule is O=[N+]([O-])OC1C2CC2C1O[N+](=O)[O-]. The fourth-order valence-corrected chi connectivity index (χ4v) is 1.81. The van der Waals surface area contributed by atoms with Crippen LogP contribution in [0.15, 0.2) is 0 Å². The molecule has 13 heavy (non-hydrogen) atoms. The summed E-state index contributed by atoms with van der Waals surface area (Å²) in [6.07, 6.45) is -0.771. The molecular weight excluding hydrogens is 184 g/mol. The summed E-state index contributed by atoms with van der Waals surface area (Å²) in [6.45, 7) is 0. The third kappa shape index (κ3) is 1.23. The number of rotatable bonds is 4. The van der Waals surface area contributed by atoms with Crippen LogP contribution in [-0.2, 0) is 9.68 Å². The number of fused-ring (bicyclic) bond motifs is 1. The highest BCUT2D eigenvalue weighted by Crippen LogP contribution is 2.58. The Hall–Kier alpha value is -1.60. The van der Waals surface area contributed by atoms with Gasteiger partial charge in [0.05, 0.1) is 0 Å². The molecule has 0 bridgehead atoms. The van der Waals surface area contributed by atoms with E-state index in [-0.39, 0.29) is 11.8 Å². The molecule has 8 heteroatoms. The minimum Gasteiger partial charge on any atom is -0.308 e. The average molecular weight is 190 g/mol. The minimum atomic E-state index is -0.935. The lowest BCUT2D eigenvalue weighted by Gasteiger charge is -2.31. The Morgan fingerprint density at radius 2 is 1.38 bits per heavy atom. The zero-order valence-electron chi connectivity index (χ0n) is 6.36. The van der Waals surface area contributed by atoms with Crippen LogP contribution < -0.4 is 0 Å². The van der Waals surface area contributed by atoms with Crippen molar-refractivity contribution >= 4 is 0 Å². The highest BCUT2D eigenvalue weighted by atomic mass is 17.0. The van der Waals surface area contributed by atoms with Gasteiger partial charge in [-0.25, -0.2) is 0 Å². The minimum absolute atomic E-state index is 0.0790. The van der Waals surface area contributed by atoms with Gasteiger partial charge in [0.1, 0.15) is 12.2 Å². The van der Waals surface area contributed by atoms with Gasteiger partial charge < -0.3 is 9.68 Å². The Bertz CT molecular complexity index is 242. The van der Waals surface area contributed by atoms with E-state index < -0.39 is 22.4 Å². The Labute approximate surface area is 71.6 Å². The maximum absolute atomic E-state index is 9.96. The predicted octanol–water partition coefficient (Wildman–Crippen LogP) is -0.210. The molecule has 0 aromatic rings. The van der Waals surface area contributed by atoms with Crippen LogP contribution in [-0.4, -0.2) is 22.4 Å². The molecule has 0 saturated heterocycles. The molecule has 0 aromatic heterocycles. The second-order valence-corrected chi connectivity index (χ2v) is 3.15. The van der Waals surface area contributed by atoms with Crippen molar-refractivity contribution in [2.24, 2.45) is 11.8 Å². The highest BCUT2D eigenvalue weighted by Gasteiger charge is 2.65. The van der Waals surface area contributed by atoms with Crippen LogP contribution in [0.25, 0.3) is 0 Å². The summed E-state index contributed by atoms with van der Waals surface area (Å²) < 4.78 is 0. The average Bonchev–Trinajstić information content (AvgIpc) is 2.71. The smallest absolute Gasteiger partial charge is 0.294 e. The summed E-state index contributed by atoms with van der Waals surface area (Å²) in [5.74, 6) is 0.158. The van der Waals surface area contributed by atoms with Gasteiger partial charge in [-0.2, -0.15) is 0 Å². The zero-order valence-corrected chi connectivity index (χ0v) is 6.36. The third-order valence-electron chi connectivity index (χ3n) is 2.47. The lowest BCUT2D eigenvalue weighted by molar-refractivity contribution is -0.806. The lowest BCUT2D eigenvalue weighted by atomic mass is 9.92. The number of nitrogens with zero attached hydrogens (tertiary/aromatic N) is 2. The van der Waals surface area contributed by atoms with Crippen LogP contribution in [0.5, 0.6) is 0 Å². The molecule has 2 aliphatic carbocycles. The van der Waals surface area contributed by atoms with Crippen molar-refractivity contribution in [3.63, 3.8) is 0 Å². The number of hydrogen-bond donors (Lipinski definition) is 0. The molecule has 72 valence electrons. The normalized spacial score (nSPS) is 39.7. The lowest BCUT2D eigenvalue weighted by Crippen LogP contribution is -2.46. The van der Waals surface area contributed by atoms with Gasteiger partial charge in [-0.3, -0.25) is 0 Å². The first-order valence-corrected chi connectivity index (χ1v) is 3.72. The molecule has 2 saturated carbocycles. The molecule has 0 aromatic carbocycles. The Morgan fingerprint density at radius 3 is 1.69 bits per heavy atom. The maximum Gasteiger partial charge on any atom is 0.294 e. The summed E-state index contributed by atoms with van der Waals surface area (Å²) in [5, 5.41) is 18.0. The van der Waals surface area contributed by atoms with Gasteiger partial charge in [0.2, 0.25) is 0 Å². The quantitative estimate of drug-likeness (QED) is 0.448. The molecule has 0 aliphatic heterocycles. The van der Waals surface area contributed by atoms with Gasteiger partial charge in [0.25, 0.3) is 10.2 Å². The third-order valence-corrected chi connectivity index (χ3v) is 2.47. The molecule has 8 nitrogen and oxygen atoms in total. The summed E-state index contributed by atoms with van der Waals surface area (Å²) in [6, 6.07) is 0. The first-order valence-electron chi connectivity index (χ1n) is 3.72. The second-order valence-electron chi connectivity index (χ2n) is 3.15. The standard InChI is InChI=1S/C5H6N2O6/c8-6(9)12-4-2-1-3(2)5(4)13-7(10)11/h2-5H,1H2. The second kappa shape index (κ2) is 2.44. The van der Waals surface area contributed by atoms with Gasteiger partial charge in [0.15, 0.2) is 0 Å². The van der Waals surface area contributed by atoms with E-state index in [0.29, 0.717) is 0 Å². The monoisotopic (exact) mass is 190 g/mol. The van der Waals surface area contributed by atoms with E-state index in [2.05, 4.69) is 9.68 Å². The van der Waals surface area contributed by atoms with Gasteiger partial charge >= 0.3 is 0 Å². The van der Waals surface area contributed by atoms with E-state index in [1.165, 1.54) is 0 Å². The van der Waals surface area contributed by atoms with Gasteiger partial charge in [-0.15, -0.1) is 20.2 Å². The van der Waals surface area contributed by atoms with E-state index in [1.54, 1.807) is 0 Å². The van der Waals surface area contributed by atoms with Gasteiger partial charge in [0, 0.05) is 0 Å². The van der Waals surface area contributed by atoms with Crippen molar-refractivity contribution < 1.29 is 19.8 Å². The van der Waals surface area contributed by atoms with Gasteiger partial charge in [-0.05, 0) is 18.3 Å². The topological polar surface area (TPSA) is 105 Å². The summed E-state index contributed by atoms with van der Waals surface area (Å²) >= 11 is 0. The zero-order chi connectivity index (χ0) is 9.59. The number of hydrogen-bond acceptors (Lipinski definition) is 6. The molecule has 0 N–H and O–H groups in total. The summed E-state index contributed by atoms with van der Waals surface area (Å²) in [4.78, 5) is 28.4. The van der Waals surface area contributed by atoms with Crippen molar-refractivity contribution in [2.45, 2.75) is 18.6 Å². The van der Waals surface area contributed by atoms with Crippen LogP contribution in [0.3, 0.4) is 0 Å². The molecule has 2 rings (SSSR count). The largest absolute Gasteiger partial charge is 0.308 e. The maximum atomic E-state index is 9.96. The van der Waals surface area contributed by atoms with Crippen molar-refractivity contribution in [1.82, 2.24) is 0 Å². The Balaban J connectivity index is 1.89. The molecule has 4 atom stereocenters. The molecule has 0 spiro atoms. The van der Waals surface area contributed by atoms with Crippen molar-refractivity contribution in [3.8, 4) is 0 Å². The van der Waals surface area contributed by atoms with E-state index in [1.807, 2.05) is 0 Å². The molecular formula is C5H6N2O6.